The first kappa shape index (κ1) is 7.94. The molecular formula is C10H14O3. The second kappa shape index (κ2) is 1.98. The molecule has 2 saturated heterocycles. The van der Waals surface area contributed by atoms with Crippen LogP contribution < -0.4 is 0 Å². The van der Waals surface area contributed by atoms with Crippen LogP contribution in [0.4, 0.5) is 0 Å². The Balaban J connectivity index is 1.79. The van der Waals surface area contributed by atoms with Crippen molar-refractivity contribution in [3.8, 4) is 0 Å². The standard InChI is InChI=1S/C10H14O3/c1-9(5-12-9)6-3-7(11)10(2)8(4-6)13-10/h6,8H,3-5H2,1-2H3/t6-,8+,9-,10+/m1/s1. The Labute approximate surface area is 77.4 Å². The number of ether oxygens (including phenoxy) is 2. The van der Waals surface area contributed by atoms with Crippen LogP contribution in [0.3, 0.4) is 0 Å². The predicted octanol–water partition coefficient (Wildman–Crippen LogP) is 0.912. The van der Waals surface area contributed by atoms with Gasteiger partial charge in [0.25, 0.3) is 0 Å². The summed E-state index contributed by atoms with van der Waals surface area (Å²) in [4.78, 5) is 11.7. The Hall–Kier alpha value is -0.410. The third kappa shape index (κ3) is 0.945. The molecule has 0 aromatic heterocycles. The van der Waals surface area contributed by atoms with Gasteiger partial charge in [-0.25, -0.2) is 0 Å². The van der Waals surface area contributed by atoms with Crippen LogP contribution in [0.5, 0.6) is 0 Å². The smallest absolute Gasteiger partial charge is 0.167 e. The summed E-state index contributed by atoms with van der Waals surface area (Å²) in [5, 5.41) is 0. The molecule has 72 valence electrons. The summed E-state index contributed by atoms with van der Waals surface area (Å²) < 4.78 is 10.8. The molecule has 0 aromatic rings. The van der Waals surface area contributed by atoms with Crippen molar-refractivity contribution in [2.24, 2.45) is 5.92 Å². The summed E-state index contributed by atoms with van der Waals surface area (Å²) in [7, 11) is 0. The van der Waals surface area contributed by atoms with Crippen molar-refractivity contribution < 1.29 is 14.3 Å². The van der Waals surface area contributed by atoms with Crippen LogP contribution in [0.25, 0.3) is 0 Å². The van der Waals surface area contributed by atoms with Crippen LogP contribution in [0.2, 0.25) is 0 Å². The van der Waals surface area contributed by atoms with Crippen molar-refractivity contribution >= 4 is 5.78 Å². The van der Waals surface area contributed by atoms with E-state index >= 15 is 0 Å². The average Bonchev–Trinajstić information content (AvgIpc) is 2.90. The number of hydrogen-bond donors (Lipinski definition) is 0. The van der Waals surface area contributed by atoms with Gasteiger partial charge < -0.3 is 9.47 Å². The van der Waals surface area contributed by atoms with Gasteiger partial charge in [0.1, 0.15) is 5.60 Å². The van der Waals surface area contributed by atoms with Crippen molar-refractivity contribution in [1.82, 2.24) is 0 Å². The van der Waals surface area contributed by atoms with E-state index in [0.717, 1.165) is 13.0 Å². The fraction of sp³-hybridized carbons (Fsp3) is 0.900. The van der Waals surface area contributed by atoms with E-state index in [4.69, 9.17) is 9.47 Å². The Morgan fingerprint density at radius 1 is 1.46 bits per heavy atom. The second-order valence-electron chi connectivity index (χ2n) is 4.87. The molecule has 0 bridgehead atoms. The van der Waals surface area contributed by atoms with Crippen LogP contribution in [0, 0.1) is 5.92 Å². The average molecular weight is 182 g/mol. The first-order chi connectivity index (χ1) is 6.05. The molecule has 0 unspecified atom stereocenters. The van der Waals surface area contributed by atoms with Crippen LogP contribution in [-0.4, -0.2) is 29.7 Å². The fourth-order valence-corrected chi connectivity index (χ4v) is 2.36. The molecule has 2 aliphatic heterocycles. The van der Waals surface area contributed by atoms with Crippen LogP contribution in [0.15, 0.2) is 0 Å². The number of carbonyl (C=O) groups excluding carboxylic acids is 1. The van der Waals surface area contributed by atoms with Crippen molar-refractivity contribution in [2.75, 3.05) is 6.61 Å². The zero-order valence-electron chi connectivity index (χ0n) is 8.00. The number of carbonyl (C=O) groups is 1. The van der Waals surface area contributed by atoms with Gasteiger partial charge in [0.15, 0.2) is 5.78 Å². The zero-order valence-corrected chi connectivity index (χ0v) is 8.00. The highest BCUT2D eigenvalue weighted by atomic mass is 16.6. The minimum absolute atomic E-state index is 0.0110. The predicted molar refractivity (Wildman–Crippen MR) is 45.4 cm³/mol. The van der Waals surface area contributed by atoms with E-state index in [2.05, 4.69) is 6.92 Å². The number of rotatable bonds is 1. The molecule has 0 spiro atoms. The first-order valence-corrected chi connectivity index (χ1v) is 4.90. The second-order valence-corrected chi connectivity index (χ2v) is 4.87. The quantitative estimate of drug-likeness (QED) is 0.566. The molecule has 3 heteroatoms. The van der Waals surface area contributed by atoms with Crippen molar-refractivity contribution in [2.45, 2.75) is 44.0 Å². The van der Waals surface area contributed by atoms with E-state index in [1.165, 1.54) is 0 Å². The third-order valence-corrected chi connectivity index (χ3v) is 3.89. The fourth-order valence-electron chi connectivity index (χ4n) is 2.36. The lowest BCUT2D eigenvalue weighted by Crippen LogP contribution is -2.37. The summed E-state index contributed by atoms with van der Waals surface area (Å²) in [5.74, 6) is 0.658. The molecule has 4 atom stereocenters. The molecule has 0 N–H and O–H groups in total. The highest BCUT2D eigenvalue weighted by molar-refractivity contribution is 5.91. The molecule has 0 aromatic carbocycles. The number of epoxide rings is 2. The number of ketones is 1. The van der Waals surface area contributed by atoms with E-state index in [0.29, 0.717) is 12.3 Å². The molecule has 0 radical (unpaired) electrons. The zero-order chi connectivity index (χ0) is 9.27. The maximum Gasteiger partial charge on any atom is 0.167 e. The van der Waals surface area contributed by atoms with Gasteiger partial charge in [-0.2, -0.15) is 0 Å². The molecule has 1 saturated carbocycles. The van der Waals surface area contributed by atoms with Crippen molar-refractivity contribution in [3.05, 3.63) is 0 Å². The lowest BCUT2D eigenvalue weighted by molar-refractivity contribution is -0.125. The van der Waals surface area contributed by atoms with E-state index < -0.39 is 5.60 Å². The summed E-state index contributed by atoms with van der Waals surface area (Å²) in [5.41, 5.74) is -0.426. The van der Waals surface area contributed by atoms with Gasteiger partial charge in [-0.05, 0) is 26.2 Å². The van der Waals surface area contributed by atoms with Crippen LogP contribution in [-0.2, 0) is 14.3 Å². The van der Waals surface area contributed by atoms with Gasteiger partial charge in [-0.15, -0.1) is 0 Å². The van der Waals surface area contributed by atoms with Gasteiger partial charge in [0.2, 0.25) is 0 Å². The third-order valence-electron chi connectivity index (χ3n) is 3.89. The number of Topliss-reactive ketones (excluding diaryl/α,β-unsaturated/α-hetero) is 1. The van der Waals surface area contributed by atoms with Gasteiger partial charge in [0.05, 0.1) is 18.3 Å². The van der Waals surface area contributed by atoms with Crippen LogP contribution >= 0.6 is 0 Å². The molecule has 3 aliphatic rings. The topological polar surface area (TPSA) is 42.1 Å². The molecule has 3 rings (SSSR count). The van der Waals surface area contributed by atoms with E-state index in [9.17, 15) is 4.79 Å². The minimum atomic E-state index is -0.415. The molecular weight excluding hydrogens is 168 g/mol. The lowest BCUT2D eigenvalue weighted by atomic mass is 9.76. The van der Waals surface area contributed by atoms with Gasteiger partial charge in [0, 0.05) is 6.42 Å². The summed E-state index contributed by atoms with van der Waals surface area (Å²) in [6, 6.07) is 0. The molecule has 3 nitrogen and oxygen atoms in total. The number of fused-ring (bicyclic) bond motifs is 1. The number of hydrogen-bond acceptors (Lipinski definition) is 3. The highest BCUT2D eigenvalue weighted by Gasteiger charge is 2.65. The van der Waals surface area contributed by atoms with Gasteiger partial charge in [-0.3, -0.25) is 4.79 Å². The molecule has 3 fully saturated rings. The Morgan fingerprint density at radius 3 is 2.69 bits per heavy atom. The van der Waals surface area contributed by atoms with Crippen molar-refractivity contribution in [3.63, 3.8) is 0 Å². The van der Waals surface area contributed by atoms with E-state index in [1.54, 1.807) is 0 Å². The molecule has 1 aliphatic carbocycles. The summed E-state index contributed by atoms with van der Waals surface area (Å²) >= 11 is 0. The SMILES string of the molecule is C[C@]1([C@@H]2CC(=O)[C@]3(C)O[C@H]3C2)CO1. The minimum Gasteiger partial charge on any atom is -0.370 e. The van der Waals surface area contributed by atoms with Crippen LogP contribution in [0.1, 0.15) is 26.7 Å². The lowest BCUT2D eigenvalue weighted by Gasteiger charge is -2.24. The van der Waals surface area contributed by atoms with E-state index in [-0.39, 0.29) is 17.5 Å². The monoisotopic (exact) mass is 182 g/mol. The maximum atomic E-state index is 11.7. The van der Waals surface area contributed by atoms with Gasteiger partial charge >= 0.3 is 0 Å². The summed E-state index contributed by atoms with van der Waals surface area (Å²) in [6.45, 7) is 4.82. The normalized spacial score (nSPS) is 58.8. The first-order valence-electron chi connectivity index (χ1n) is 4.90. The summed E-state index contributed by atoms with van der Waals surface area (Å²) in [6.07, 6.45) is 1.82. The highest BCUT2D eigenvalue weighted by Crippen LogP contribution is 2.52. The maximum absolute atomic E-state index is 11.7. The Bertz CT molecular complexity index is 282. The largest absolute Gasteiger partial charge is 0.370 e. The van der Waals surface area contributed by atoms with Gasteiger partial charge in [-0.1, -0.05) is 0 Å². The Kier molecular flexibility index (Phi) is 1.21. The molecule has 0 amide bonds. The molecule has 13 heavy (non-hydrogen) atoms. The van der Waals surface area contributed by atoms with Crippen molar-refractivity contribution in [1.29, 1.82) is 0 Å². The Morgan fingerprint density at radius 2 is 2.15 bits per heavy atom. The van der Waals surface area contributed by atoms with E-state index in [1.807, 2.05) is 6.92 Å². The molecule has 2 heterocycles.